The van der Waals surface area contributed by atoms with Crippen LogP contribution in [0.15, 0.2) is 12.2 Å². The van der Waals surface area contributed by atoms with E-state index in [-0.39, 0.29) is 29.9 Å². The molecular formula is C17H26O5. The summed E-state index contributed by atoms with van der Waals surface area (Å²) < 4.78 is 15.9. The zero-order valence-corrected chi connectivity index (χ0v) is 13.8. The fraction of sp³-hybridized carbons (Fsp3) is 0.765. The van der Waals surface area contributed by atoms with E-state index >= 15 is 0 Å². The first kappa shape index (κ1) is 17.2. The Balaban J connectivity index is 2.19. The largest absolute Gasteiger partial charge is 0.454 e. The Morgan fingerprint density at radius 1 is 1.45 bits per heavy atom. The minimum absolute atomic E-state index is 0.0996. The van der Waals surface area contributed by atoms with Gasteiger partial charge in [-0.1, -0.05) is 13.5 Å². The Hall–Kier alpha value is -1.20. The molecule has 3 fully saturated rings. The maximum absolute atomic E-state index is 12.5. The molecule has 3 aliphatic carbocycles. The van der Waals surface area contributed by atoms with Crippen LogP contribution in [0, 0.1) is 11.3 Å². The number of hydrogen-bond donors (Lipinski definition) is 0. The molecule has 0 saturated heterocycles. The number of esters is 1. The molecule has 0 radical (unpaired) electrons. The predicted molar refractivity (Wildman–Crippen MR) is 81.2 cm³/mol. The highest BCUT2D eigenvalue weighted by Gasteiger charge is 2.59. The second kappa shape index (κ2) is 6.50. The molecule has 0 N–H and O–H groups in total. The first-order chi connectivity index (χ1) is 10.3. The van der Waals surface area contributed by atoms with Gasteiger partial charge in [-0.15, -0.1) is 0 Å². The molecule has 3 aliphatic rings. The minimum atomic E-state index is -0.857. The van der Waals surface area contributed by atoms with E-state index in [4.69, 9.17) is 14.2 Å². The molecule has 3 rings (SSSR count). The molecule has 0 heterocycles. The number of rotatable bonds is 7. The van der Waals surface area contributed by atoms with Gasteiger partial charge >= 0.3 is 5.97 Å². The highest BCUT2D eigenvalue weighted by molar-refractivity contribution is 5.86. The van der Waals surface area contributed by atoms with Crippen LogP contribution >= 0.6 is 0 Å². The third-order valence-electron chi connectivity index (χ3n) is 4.95. The molecule has 124 valence electrons. The monoisotopic (exact) mass is 310 g/mol. The maximum Gasteiger partial charge on any atom is 0.303 e. The van der Waals surface area contributed by atoms with Crippen LogP contribution in [0.3, 0.4) is 0 Å². The molecular weight excluding hydrogens is 284 g/mol. The van der Waals surface area contributed by atoms with Gasteiger partial charge in [0, 0.05) is 20.5 Å². The second-order valence-electron chi connectivity index (χ2n) is 6.87. The van der Waals surface area contributed by atoms with Gasteiger partial charge in [0.25, 0.3) is 0 Å². The van der Waals surface area contributed by atoms with Gasteiger partial charge in [-0.25, -0.2) is 0 Å². The zero-order valence-electron chi connectivity index (χ0n) is 13.8. The molecule has 3 saturated carbocycles. The predicted octanol–water partition coefficient (Wildman–Crippen LogP) is 2.63. The summed E-state index contributed by atoms with van der Waals surface area (Å²) in [5.41, 5.74) is -0.176. The van der Waals surface area contributed by atoms with E-state index in [0.29, 0.717) is 25.9 Å². The van der Waals surface area contributed by atoms with Crippen LogP contribution in [0.5, 0.6) is 0 Å². The van der Waals surface area contributed by atoms with E-state index in [2.05, 4.69) is 13.5 Å². The van der Waals surface area contributed by atoms with E-state index in [9.17, 15) is 9.59 Å². The SMILES string of the molecule is C=C(CCOCOC)[C@@]1(OC(C)=O)C[C@@]2(C)CC[C@H]1C(=O)C2. The first-order valence-electron chi connectivity index (χ1n) is 7.80. The van der Waals surface area contributed by atoms with E-state index < -0.39 is 5.60 Å². The van der Waals surface area contributed by atoms with Crippen LogP contribution in [0.2, 0.25) is 0 Å². The van der Waals surface area contributed by atoms with Crippen LogP contribution in [-0.4, -0.2) is 37.9 Å². The van der Waals surface area contributed by atoms with Gasteiger partial charge in [0.05, 0.1) is 12.5 Å². The van der Waals surface area contributed by atoms with Crippen molar-refractivity contribution in [3.63, 3.8) is 0 Å². The average Bonchev–Trinajstić information content (AvgIpc) is 2.41. The van der Waals surface area contributed by atoms with Crippen molar-refractivity contribution in [1.29, 1.82) is 0 Å². The van der Waals surface area contributed by atoms with Crippen molar-refractivity contribution in [3.05, 3.63) is 12.2 Å². The molecule has 2 bridgehead atoms. The lowest BCUT2D eigenvalue weighted by molar-refractivity contribution is -0.180. The van der Waals surface area contributed by atoms with Crippen LogP contribution in [0.25, 0.3) is 0 Å². The molecule has 5 heteroatoms. The van der Waals surface area contributed by atoms with Crippen molar-refractivity contribution < 1.29 is 23.8 Å². The molecule has 0 spiro atoms. The Bertz CT molecular complexity index is 472. The normalized spacial score (nSPS) is 33.8. The maximum atomic E-state index is 12.5. The van der Waals surface area contributed by atoms with Crippen molar-refractivity contribution >= 4 is 11.8 Å². The van der Waals surface area contributed by atoms with Crippen LogP contribution in [0.4, 0.5) is 0 Å². The molecule has 0 aromatic rings. The minimum Gasteiger partial charge on any atom is -0.454 e. The van der Waals surface area contributed by atoms with Gasteiger partial charge in [0.2, 0.25) is 0 Å². The summed E-state index contributed by atoms with van der Waals surface area (Å²) >= 11 is 0. The number of Topliss-reactive ketones (excluding diaryl/α,β-unsaturated/α-hetero) is 1. The third kappa shape index (κ3) is 3.25. The molecule has 5 nitrogen and oxygen atoms in total. The van der Waals surface area contributed by atoms with Gasteiger partial charge < -0.3 is 14.2 Å². The lowest BCUT2D eigenvalue weighted by atomic mass is 9.52. The van der Waals surface area contributed by atoms with Gasteiger partial charge in [0.15, 0.2) is 0 Å². The zero-order chi connectivity index (χ0) is 16.4. The number of carbonyl (C=O) groups excluding carboxylic acids is 2. The van der Waals surface area contributed by atoms with Gasteiger partial charge in [-0.3, -0.25) is 9.59 Å². The van der Waals surface area contributed by atoms with E-state index in [1.807, 2.05) is 0 Å². The number of methoxy groups -OCH3 is 1. The van der Waals surface area contributed by atoms with Crippen molar-refractivity contribution in [2.75, 3.05) is 20.5 Å². The summed E-state index contributed by atoms with van der Waals surface area (Å²) in [6, 6.07) is 0. The number of ether oxygens (including phenoxy) is 3. The van der Waals surface area contributed by atoms with Crippen molar-refractivity contribution in [2.45, 2.75) is 51.6 Å². The number of ketones is 1. The van der Waals surface area contributed by atoms with E-state index in [0.717, 1.165) is 18.4 Å². The summed E-state index contributed by atoms with van der Waals surface area (Å²) in [6.45, 7) is 8.29. The number of carbonyl (C=O) groups is 2. The van der Waals surface area contributed by atoms with E-state index in [1.54, 1.807) is 7.11 Å². The molecule has 0 amide bonds. The van der Waals surface area contributed by atoms with E-state index in [1.165, 1.54) is 6.92 Å². The standard InChI is InChI=1S/C17H26O5/c1-12(6-8-21-11-20-4)17(22-13(2)18)10-16(3)7-5-14(17)15(19)9-16/h14H,1,5-11H2,2-4H3/t14-,16-,17-/m0/s1. The quantitative estimate of drug-likeness (QED) is 0.313. The first-order valence-corrected chi connectivity index (χ1v) is 7.80. The fourth-order valence-corrected chi connectivity index (χ4v) is 4.04. The molecule has 0 aliphatic heterocycles. The van der Waals surface area contributed by atoms with Crippen LogP contribution in [0.1, 0.15) is 46.0 Å². The highest BCUT2D eigenvalue weighted by atomic mass is 16.7. The van der Waals surface area contributed by atoms with Crippen LogP contribution < -0.4 is 0 Å². The lowest BCUT2D eigenvalue weighted by Gasteiger charge is -2.55. The molecule has 0 unspecified atom stereocenters. The Morgan fingerprint density at radius 3 is 2.73 bits per heavy atom. The Labute approximate surface area is 132 Å². The smallest absolute Gasteiger partial charge is 0.303 e. The van der Waals surface area contributed by atoms with Crippen molar-refractivity contribution in [2.24, 2.45) is 11.3 Å². The summed E-state index contributed by atoms with van der Waals surface area (Å²) in [5, 5.41) is 0. The van der Waals surface area contributed by atoms with Gasteiger partial charge in [-0.2, -0.15) is 0 Å². The second-order valence-corrected chi connectivity index (χ2v) is 6.87. The fourth-order valence-electron chi connectivity index (χ4n) is 4.04. The summed E-state index contributed by atoms with van der Waals surface area (Å²) in [7, 11) is 1.56. The average molecular weight is 310 g/mol. The van der Waals surface area contributed by atoms with Crippen molar-refractivity contribution in [1.82, 2.24) is 0 Å². The Kier molecular flexibility index (Phi) is 5.07. The molecule has 3 atom stereocenters. The van der Waals surface area contributed by atoms with Gasteiger partial charge in [-0.05, 0) is 36.7 Å². The lowest BCUT2D eigenvalue weighted by Crippen LogP contribution is -2.58. The van der Waals surface area contributed by atoms with Gasteiger partial charge in [0.1, 0.15) is 18.2 Å². The molecule has 0 aromatic heterocycles. The number of hydrogen-bond acceptors (Lipinski definition) is 5. The number of fused-ring (bicyclic) bond motifs is 3. The Morgan fingerprint density at radius 2 is 2.18 bits per heavy atom. The summed E-state index contributed by atoms with van der Waals surface area (Å²) in [5.74, 6) is -0.420. The summed E-state index contributed by atoms with van der Waals surface area (Å²) in [4.78, 5) is 24.1. The third-order valence-corrected chi connectivity index (χ3v) is 4.95. The molecule has 0 aromatic carbocycles. The van der Waals surface area contributed by atoms with Crippen molar-refractivity contribution in [3.8, 4) is 0 Å². The topological polar surface area (TPSA) is 61.8 Å². The summed E-state index contributed by atoms with van der Waals surface area (Å²) in [6.07, 6.45) is 3.57. The molecule has 22 heavy (non-hydrogen) atoms. The van der Waals surface area contributed by atoms with Crippen LogP contribution in [-0.2, 0) is 23.8 Å². The highest BCUT2D eigenvalue weighted by Crippen LogP contribution is 2.57.